The lowest BCUT2D eigenvalue weighted by Crippen LogP contribution is -2.43. The van der Waals surface area contributed by atoms with E-state index >= 15 is 0 Å². The molecule has 0 spiro atoms. The maximum Gasteiger partial charge on any atom is 0.314 e. The Balaban J connectivity index is 2.16. The number of anilines is 1. The summed E-state index contributed by atoms with van der Waals surface area (Å²) in [5.74, 6) is 0.178. The number of aromatic nitrogens is 1. The van der Waals surface area contributed by atoms with Crippen molar-refractivity contribution < 1.29 is 14.8 Å². The van der Waals surface area contributed by atoms with Gasteiger partial charge in [-0.05, 0) is 19.9 Å². The number of nitrogens with one attached hydrogen (secondary N) is 1. The first-order valence-corrected chi connectivity index (χ1v) is 6.12. The molecule has 104 valence electrons. The number of pyridine rings is 1. The minimum atomic E-state index is -1.01. The Kier molecular flexibility index (Phi) is 3.68. The summed E-state index contributed by atoms with van der Waals surface area (Å²) in [6.45, 7) is 4.10. The molecule has 7 nitrogen and oxygen atoms in total. The highest BCUT2D eigenvalue weighted by Crippen LogP contribution is 2.29. The highest BCUT2D eigenvalue weighted by atomic mass is 16.6. The van der Waals surface area contributed by atoms with Gasteiger partial charge in [-0.2, -0.15) is 0 Å². The second-order valence-electron chi connectivity index (χ2n) is 4.80. The van der Waals surface area contributed by atoms with Crippen LogP contribution >= 0.6 is 0 Å². The van der Waals surface area contributed by atoms with Gasteiger partial charge >= 0.3 is 5.69 Å². The van der Waals surface area contributed by atoms with Crippen LogP contribution in [0.3, 0.4) is 0 Å². The molecule has 0 aromatic carbocycles. The lowest BCUT2D eigenvalue weighted by Gasteiger charge is -2.26. The molecular formula is C12H17N3O4. The van der Waals surface area contributed by atoms with Gasteiger partial charge in [-0.3, -0.25) is 10.1 Å². The average molecular weight is 267 g/mol. The summed E-state index contributed by atoms with van der Waals surface area (Å²) in [6, 6.07) is 1.58. The molecule has 2 heterocycles. The molecule has 0 bridgehead atoms. The lowest BCUT2D eigenvalue weighted by molar-refractivity contribution is -0.384. The molecule has 2 atom stereocenters. The highest BCUT2D eigenvalue weighted by Gasteiger charge is 2.39. The Morgan fingerprint density at radius 1 is 1.74 bits per heavy atom. The lowest BCUT2D eigenvalue weighted by atomic mass is 9.97. The van der Waals surface area contributed by atoms with Crippen LogP contribution in [-0.2, 0) is 4.74 Å². The summed E-state index contributed by atoms with van der Waals surface area (Å²) in [4.78, 5) is 14.5. The van der Waals surface area contributed by atoms with Gasteiger partial charge in [0.25, 0.3) is 0 Å². The number of nitrogens with zero attached hydrogens (tertiary/aromatic N) is 2. The predicted molar refractivity (Wildman–Crippen MR) is 69.1 cm³/mol. The van der Waals surface area contributed by atoms with E-state index < -0.39 is 10.5 Å². The smallest absolute Gasteiger partial charge is 0.314 e. The summed E-state index contributed by atoms with van der Waals surface area (Å²) >= 11 is 0. The highest BCUT2D eigenvalue weighted by molar-refractivity contribution is 5.59. The van der Waals surface area contributed by atoms with E-state index in [1.807, 2.05) is 0 Å². The second-order valence-corrected chi connectivity index (χ2v) is 4.80. The molecule has 1 aromatic rings. The Hall–Kier alpha value is -1.73. The van der Waals surface area contributed by atoms with Crippen molar-refractivity contribution >= 4 is 11.5 Å². The minimum absolute atomic E-state index is 0.0577. The van der Waals surface area contributed by atoms with E-state index in [4.69, 9.17) is 4.74 Å². The van der Waals surface area contributed by atoms with Crippen LogP contribution in [0.25, 0.3) is 0 Å². The average Bonchev–Trinajstić information content (AvgIpc) is 2.67. The first-order valence-electron chi connectivity index (χ1n) is 6.12. The summed E-state index contributed by atoms with van der Waals surface area (Å²) in [7, 11) is 0. The molecule has 2 rings (SSSR count). The quantitative estimate of drug-likeness (QED) is 0.629. The number of nitro groups is 1. The van der Waals surface area contributed by atoms with Gasteiger partial charge in [-0.1, -0.05) is 0 Å². The van der Waals surface area contributed by atoms with Crippen LogP contribution in [0, 0.1) is 17.0 Å². The van der Waals surface area contributed by atoms with Gasteiger partial charge in [0.05, 0.1) is 11.0 Å². The third-order valence-corrected chi connectivity index (χ3v) is 3.53. The van der Waals surface area contributed by atoms with Gasteiger partial charge in [-0.15, -0.1) is 0 Å². The van der Waals surface area contributed by atoms with Gasteiger partial charge < -0.3 is 15.2 Å². The molecule has 19 heavy (non-hydrogen) atoms. The molecule has 1 aliphatic heterocycles. The Labute approximate surface area is 110 Å². The van der Waals surface area contributed by atoms with Crippen LogP contribution in [0.15, 0.2) is 12.3 Å². The maximum atomic E-state index is 11.0. The van der Waals surface area contributed by atoms with Crippen molar-refractivity contribution in [2.45, 2.75) is 32.0 Å². The molecule has 0 radical (unpaired) electrons. The molecular weight excluding hydrogens is 250 g/mol. The zero-order valence-electron chi connectivity index (χ0n) is 10.9. The van der Waals surface area contributed by atoms with E-state index in [9.17, 15) is 15.2 Å². The number of aliphatic hydroxyl groups is 1. The SMILES string of the molecule is Cc1ccnc(NCC2(O)CCOC2C)c1[N+](=O)[O-]. The Bertz CT molecular complexity index is 494. The van der Waals surface area contributed by atoms with Crippen LogP contribution in [0.2, 0.25) is 0 Å². The molecule has 2 N–H and O–H groups in total. The van der Waals surface area contributed by atoms with Crippen molar-refractivity contribution in [2.24, 2.45) is 0 Å². The fraction of sp³-hybridized carbons (Fsp3) is 0.583. The van der Waals surface area contributed by atoms with E-state index in [1.54, 1.807) is 19.9 Å². The van der Waals surface area contributed by atoms with Crippen molar-refractivity contribution in [1.29, 1.82) is 0 Å². The largest absolute Gasteiger partial charge is 0.385 e. The predicted octanol–water partition coefficient (Wildman–Crippen LogP) is 1.25. The zero-order chi connectivity index (χ0) is 14.0. The molecule has 2 unspecified atom stereocenters. The topological polar surface area (TPSA) is 97.5 Å². The fourth-order valence-corrected chi connectivity index (χ4v) is 2.15. The number of aryl methyl sites for hydroxylation is 1. The summed E-state index contributed by atoms with van der Waals surface area (Å²) in [6.07, 6.45) is 1.70. The van der Waals surface area contributed by atoms with E-state index in [1.165, 1.54) is 6.20 Å². The van der Waals surface area contributed by atoms with Crippen LogP contribution in [-0.4, -0.2) is 39.9 Å². The normalized spacial score (nSPS) is 26.4. The van der Waals surface area contributed by atoms with Crippen LogP contribution in [0.4, 0.5) is 11.5 Å². The van der Waals surface area contributed by atoms with Crippen molar-refractivity contribution in [3.8, 4) is 0 Å². The number of rotatable bonds is 4. The van der Waals surface area contributed by atoms with Crippen molar-refractivity contribution in [2.75, 3.05) is 18.5 Å². The van der Waals surface area contributed by atoms with Gasteiger partial charge in [0.2, 0.25) is 5.82 Å². The van der Waals surface area contributed by atoms with Crippen molar-refractivity contribution in [3.63, 3.8) is 0 Å². The first-order chi connectivity index (χ1) is 8.94. The van der Waals surface area contributed by atoms with Crippen molar-refractivity contribution in [3.05, 3.63) is 27.9 Å². The van der Waals surface area contributed by atoms with Gasteiger partial charge in [-0.25, -0.2) is 4.98 Å². The van der Waals surface area contributed by atoms with Crippen molar-refractivity contribution in [1.82, 2.24) is 4.98 Å². The fourth-order valence-electron chi connectivity index (χ4n) is 2.15. The first kappa shape index (κ1) is 13.7. The monoisotopic (exact) mass is 267 g/mol. The number of hydrogen-bond acceptors (Lipinski definition) is 6. The second kappa shape index (κ2) is 5.10. The van der Waals surface area contributed by atoms with E-state index in [2.05, 4.69) is 10.3 Å². The van der Waals surface area contributed by atoms with E-state index in [0.717, 1.165) is 0 Å². The summed E-state index contributed by atoms with van der Waals surface area (Å²) in [5.41, 5.74) is -0.540. The minimum Gasteiger partial charge on any atom is -0.385 e. The molecule has 7 heteroatoms. The van der Waals surface area contributed by atoms with E-state index in [0.29, 0.717) is 18.6 Å². The van der Waals surface area contributed by atoms with E-state index in [-0.39, 0.29) is 24.2 Å². The molecule has 0 saturated carbocycles. The van der Waals surface area contributed by atoms with Crippen LogP contribution in [0.1, 0.15) is 18.9 Å². The summed E-state index contributed by atoms with van der Waals surface area (Å²) < 4.78 is 5.31. The van der Waals surface area contributed by atoms with Gasteiger partial charge in [0.15, 0.2) is 0 Å². The third kappa shape index (κ3) is 2.66. The van der Waals surface area contributed by atoms with Gasteiger partial charge in [0, 0.05) is 31.3 Å². The third-order valence-electron chi connectivity index (χ3n) is 3.53. The number of ether oxygens (including phenoxy) is 1. The Morgan fingerprint density at radius 3 is 3.05 bits per heavy atom. The van der Waals surface area contributed by atoms with Crippen LogP contribution in [0.5, 0.6) is 0 Å². The molecule has 1 saturated heterocycles. The molecule has 1 aromatic heterocycles. The molecule has 1 aliphatic rings. The maximum absolute atomic E-state index is 11.0. The number of hydrogen-bond donors (Lipinski definition) is 2. The summed E-state index contributed by atoms with van der Waals surface area (Å²) in [5, 5.41) is 24.2. The zero-order valence-corrected chi connectivity index (χ0v) is 10.9. The molecule has 0 aliphatic carbocycles. The standard InChI is InChI=1S/C12H17N3O4/c1-8-3-5-13-11(10(8)15(17)18)14-7-12(16)4-6-19-9(12)2/h3,5,9,16H,4,6-7H2,1-2H3,(H,13,14). The van der Waals surface area contributed by atoms with Crippen LogP contribution < -0.4 is 5.32 Å². The molecule has 0 amide bonds. The van der Waals surface area contributed by atoms with Gasteiger partial charge in [0.1, 0.15) is 5.60 Å². The molecule has 1 fully saturated rings. The Morgan fingerprint density at radius 2 is 2.47 bits per heavy atom.